The first kappa shape index (κ1) is 11.4. The molecule has 1 aliphatic heterocycles. The van der Waals surface area contributed by atoms with E-state index in [1.807, 2.05) is 0 Å². The van der Waals surface area contributed by atoms with E-state index in [2.05, 4.69) is 10.6 Å². The molecule has 16 heavy (non-hydrogen) atoms. The summed E-state index contributed by atoms with van der Waals surface area (Å²) in [6.45, 7) is 2.26. The molecule has 0 aromatic heterocycles. The van der Waals surface area contributed by atoms with Crippen LogP contribution in [-0.4, -0.2) is 19.1 Å². The molecule has 1 aromatic rings. The van der Waals surface area contributed by atoms with Crippen LogP contribution in [0.2, 0.25) is 0 Å². The van der Waals surface area contributed by atoms with Gasteiger partial charge < -0.3 is 10.6 Å². The molecule has 2 rings (SSSR count). The summed E-state index contributed by atoms with van der Waals surface area (Å²) in [5, 5.41) is 6.27. The molecule has 0 spiro atoms. The fraction of sp³-hybridized carbons (Fsp3) is 0.455. The van der Waals surface area contributed by atoms with Crippen molar-refractivity contribution < 1.29 is 13.2 Å². The van der Waals surface area contributed by atoms with E-state index < -0.39 is 11.7 Å². The minimum absolute atomic E-state index is 0.384. The van der Waals surface area contributed by atoms with Crippen LogP contribution in [0.25, 0.3) is 0 Å². The van der Waals surface area contributed by atoms with Crippen molar-refractivity contribution in [2.45, 2.75) is 18.8 Å². The first-order valence-electron chi connectivity index (χ1n) is 5.16. The molecule has 0 aliphatic carbocycles. The monoisotopic (exact) mass is 230 g/mol. The highest BCUT2D eigenvalue weighted by Gasteiger charge is 2.30. The third kappa shape index (κ3) is 2.74. The molecule has 2 nitrogen and oxygen atoms in total. The van der Waals surface area contributed by atoms with Gasteiger partial charge in [-0.05, 0) is 11.6 Å². The van der Waals surface area contributed by atoms with Crippen LogP contribution in [0.1, 0.15) is 11.1 Å². The predicted molar refractivity (Wildman–Crippen MR) is 54.9 cm³/mol. The second kappa shape index (κ2) is 4.43. The summed E-state index contributed by atoms with van der Waals surface area (Å²) in [7, 11) is 0. The number of nitrogens with one attached hydrogen (secondary N) is 2. The van der Waals surface area contributed by atoms with Crippen molar-refractivity contribution in [3.63, 3.8) is 0 Å². The van der Waals surface area contributed by atoms with E-state index in [9.17, 15) is 13.2 Å². The molecule has 0 saturated carbocycles. The normalized spacial score (nSPS) is 17.2. The SMILES string of the molecule is FC(F)(F)c1cccc(CNC2CNC2)c1. The second-order valence-electron chi connectivity index (χ2n) is 3.93. The maximum atomic E-state index is 12.4. The van der Waals surface area contributed by atoms with E-state index in [-0.39, 0.29) is 0 Å². The van der Waals surface area contributed by atoms with Gasteiger partial charge in [0.05, 0.1) is 5.56 Å². The van der Waals surface area contributed by atoms with Crippen molar-refractivity contribution in [3.05, 3.63) is 35.4 Å². The minimum Gasteiger partial charge on any atom is -0.314 e. The summed E-state index contributed by atoms with van der Waals surface area (Å²) >= 11 is 0. The van der Waals surface area contributed by atoms with Gasteiger partial charge in [0, 0.05) is 25.7 Å². The largest absolute Gasteiger partial charge is 0.416 e. The van der Waals surface area contributed by atoms with Crippen LogP contribution >= 0.6 is 0 Å². The molecular formula is C11H13F3N2. The Labute approximate surface area is 91.8 Å². The van der Waals surface area contributed by atoms with Crippen LogP contribution in [0.3, 0.4) is 0 Å². The van der Waals surface area contributed by atoms with E-state index in [0.29, 0.717) is 18.2 Å². The Morgan fingerprint density at radius 3 is 2.62 bits per heavy atom. The highest BCUT2D eigenvalue weighted by atomic mass is 19.4. The zero-order chi connectivity index (χ0) is 11.6. The molecule has 2 N–H and O–H groups in total. The van der Waals surface area contributed by atoms with Crippen LogP contribution in [-0.2, 0) is 12.7 Å². The minimum atomic E-state index is -4.26. The van der Waals surface area contributed by atoms with Gasteiger partial charge in [-0.25, -0.2) is 0 Å². The van der Waals surface area contributed by atoms with Gasteiger partial charge in [-0.3, -0.25) is 0 Å². The highest BCUT2D eigenvalue weighted by molar-refractivity contribution is 5.25. The molecule has 0 amide bonds. The van der Waals surface area contributed by atoms with Crippen molar-refractivity contribution in [2.75, 3.05) is 13.1 Å². The van der Waals surface area contributed by atoms with Crippen LogP contribution in [0.5, 0.6) is 0 Å². The Kier molecular flexibility index (Phi) is 3.16. The summed E-state index contributed by atoms with van der Waals surface area (Å²) in [6, 6.07) is 5.82. The molecule has 88 valence electrons. The topological polar surface area (TPSA) is 24.1 Å². The van der Waals surface area contributed by atoms with E-state index in [4.69, 9.17) is 0 Å². The van der Waals surface area contributed by atoms with Crippen LogP contribution < -0.4 is 10.6 Å². The van der Waals surface area contributed by atoms with Crippen LogP contribution in [0.15, 0.2) is 24.3 Å². The van der Waals surface area contributed by atoms with Crippen molar-refractivity contribution in [3.8, 4) is 0 Å². The first-order valence-corrected chi connectivity index (χ1v) is 5.16. The number of hydrogen-bond acceptors (Lipinski definition) is 2. The van der Waals surface area contributed by atoms with Gasteiger partial charge >= 0.3 is 6.18 Å². The summed E-state index contributed by atoms with van der Waals surface area (Å²) in [6.07, 6.45) is -4.26. The van der Waals surface area contributed by atoms with E-state index in [0.717, 1.165) is 19.2 Å². The van der Waals surface area contributed by atoms with Gasteiger partial charge in [0.15, 0.2) is 0 Å². The second-order valence-corrected chi connectivity index (χ2v) is 3.93. The number of benzene rings is 1. The average molecular weight is 230 g/mol. The lowest BCUT2D eigenvalue weighted by Crippen LogP contribution is -2.54. The Hall–Kier alpha value is -1.07. The Morgan fingerprint density at radius 2 is 2.06 bits per heavy atom. The molecule has 1 aromatic carbocycles. The average Bonchev–Trinajstić information content (AvgIpc) is 2.14. The predicted octanol–water partition coefficient (Wildman–Crippen LogP) is 1.77. The number of alkyl halides is 3. The Bertz CT molecular complexity index is 358. The Balaban J connectivity index is 1.98. The molecule has 0 unspecified atom stereocenters. The van der Waals surface area contributed by atoms with E-state index in [1.54, 1.807) is 6.07 Å². The van der Waals surface area contributed by atoms with Gasteiger partial charge in [-0.2, -0.15) is 13.2 Å². The maximum absolute atomic E-state index is 12.4. The molecule has 1 aliphatic rings. The zero-order valence-electron chi connectivity index (χ0n) is 8.64. The number of rotatable bonds is 3. The third-order valence-corrected chi connectivity index (χ3v) is 2.63. The lowest BCUT2D eigenvalue weighted by molar-refractivity contribution is -0.137. The molecule has 0 atom stereocenters. The zero-order valence-corrected chi connectivity index (χ0v) is 8.64. The van der Waals surface area contributed by atoms with Crippen LogP contribution in [0.4, 0.5) is 13.2 Å². The quantitative estimate of drug-likeness (QED) is 0.827. The molecule has 0 bridgehead atoms. The summed E-state index contributed by atoms with van der Waals surface area (Å²) < 4.78 is 37.2. The van der Waals surface area contributed by atoms with Crippen molar-refractivity contribution >= 4 is 0 Å². The molecule has 5 heteroatoms. The molecule has 1 heterocycles. The van der Waals surface area contributed by atoms with Crippen molar-refractivity contribution in [1.29, 1.82) is 0 Å². The van der Waals surface area contributed by atoms with Crippen molar-refractivity contribution in [1.82, 2.24) is 10.6 Å². The van der Waals surface area contributed by atoms with Gasteiger partial charge in [-0.15, -0.1) is 0 Å². The van der Waals surface area contributed by atoms with Crippen LogP contribution in [0, 0.1) is 0 Å². The first-order chi connectivity index (χ1) is 7.55. The molecule has 1 saturated heterocycles. The standard InChI is InChI=1S/C11H13F3N2/c12-11(13,14)9-3-1-2-8(4-9)5-16-10-6-15-7-10/h1-4,10,15-16H,5-7H2. The number of halogens is 3. The summed E-state index contributed by atoms with van der Waals surface area (Å²) in [5.74, 6) is 0. The van der Waals surface area contributed by atoms with Gasteiger partial charge in [0.25, 0.3) is 0 Å². The fourth-order valence-electron chi connectivity index (χ4n) is 1.55. The number of hydrogen-bond donors (Lipinski definition) is 2. The Morgan fingerprint density at radius 1 is 1.31 bits per heavy atom. The maximum Gasteiger partial charge on any atom is 0.416 e. The molecule has 0 radical (unpaired) electrons. The highest BCUT2D eigenvalue weighted by Crippen LogP contribution is 2.29. The lowest BCUT2D eigenvalue weighted by Gasteiger charge is -2.28. The molecular weight excluding hydrogens is 217 g/mol. The van der Waals surface area contributed by atoms with Gasteiger partial charge in [0.2, 0.25) is 0 Å². The molecule has 1 fully saturated rings. The smallest absolute Gasteiger partial charge is 0.314 e. The van der Waals surface area contributed by atoms with Gasteiger partial charge in [-0.1, -0.05) is 18.2 Å². The summed E-state index contributed by atoms with van der Waals surface area (Å²) in [5.41, 5.74) is 0.0836. The third-order valence-electron chi connectivity index (χ3n) is 2.63. The summed E-state index contributed by atoms with van der Waals surface area (Å²) in [4.78, 5) is 0. The lowest BCUT2D eigenvalue weighted by atomic mass is 10.1. The van der Waals surface area contributed by atoms with Crippen molar-refractivity contribution in [2.24, 2.45) is 0 Å². The van der Waals surface area contributed by atoms with E-state index in [1.165, 1.54) is 12.1 Å². The fourth-order valence-corrected chi connectivity index (χ4v) is 1.55. The van der Waals surface area contributed by atoms with Gasteiger partial charge in [0.1, 0.15) is 0 Å². The van der Waals surface area contributed by atoms with E-state index >= 15 is 0 Å².